The average Bonchev–Trinajstić information content (AvgIpc) is 3.19. The molecule has 4 rings (SSSR count). The van der Waals surface area contributed by atoms with E-state index in [2.05, 4.69) is 16.7 Å². The van der Waals surface area contributed by atoms with Crippen molar-refractivity contribution in [2.75, 3.05) is 44.2 Å². The third-order valence-electron chi connectivity index (χ3n) is 6.53. The highest BCUT2D eigenvalue weighted by atomic mass is 19.1. The Morgan fingerprint density at radius 2 is 1.69 bits per heavy atom. The average molecular weight is 482 g/mol. The van der Waals surface area contributed by atoms with E-state index >= 15 is 0 Å². The lowest BCUT2D eigenvalue weighted by Crippen LogP contribution is -2.47. The molecule has 35 heavy (non-hydrogen) atoms. The summed E-state index contributed by atoms with van der Waals surface area (Å²) < 4.78 is 29.8. The predicted molar refractivity (Wildman–Crippen MR) is 134 cm³/mol. The molecule has 0 N–H and O–H groups in total. The predicted octanol–water partition coefficient (Wildman–Crippen LogP) is 4.65. The molecule has 1 aromatic heterocycles. The van der Waals surface area contributed by atoms with Gasteiger partial charge >= 0.3 is 0 Å². The zero-order chi connectivity index (χ0) is 24.9. The summed E-state index contributed by atoms with van der Waals surface area (Å²) in [5.41, 5.74) is 2.69. The molecule has 1 amide bonds. The SMILES string of the molecule is CCCN(Cc1c(C)nn(-c2cccc(F)c2)c1N1CCN(CC)CC1)C(=O)c1cccc(F)c1. The topological polar surface area (TPSA) is 44.6 Å². The Kier molecular flexibility index (Phi) is 7.80. The van der Waals surface area contributed by atoms with Gasteiger partial charge in [-0.05, 0) is 56.3 Å². The van der Waals surface area contributed by atoms with Crippen LogP contribution in [0.4, 0.5) is 14.6 Å². The number of amides is 1. The fourth-order valence-corrected chi connectivity index (χ4v) is 4.64. The van der Waals surface area contributed by atoms with Crippen molar-refractivity contribution in [1.29, 1.82) is 0 Å². The van der Waals surface area contributed by atoms with E-state index in [0.29, 0.717) is 24.3 Å². The van der Waals surface area contributed by atoms with Gasteiger partial charge in [0.1, 0.15) is 17.5 Å². The zero-order valence-electron chi connectivity index (χ0n) is 20.7. The number of hydrogen-bond acceptors (Lipinski definition) is 4. The third-order valence-corrected chi connectivity index (χ3v) is 6.53. The van der Waals surface area contributed by atoms with Crippen LogP contribution in [0.3, 0.4) is 0 Å². The molecule has 2 aromatic carbocycles. The minimum atomic E-state index is -0.433. The Hall–Kier alpha value is -3.26. The molecule has 8 heteroatoms. The first-order valence-electron chi connectivity index (χ1n) is 12.3. The van der Waals surface area contributed by atoms with Gasteiger partial charge in [-0.25, -0.2) is 13.5 Å². The van der Waals surface area contributed by atoms with E-state index in [9.17, 15) is 13.6 Å². The number of nitrogens with zero attached hydrogens (tertiary/aromatic N) is 5. The summed E-state index contributed by atoms with van der Waals surface area (Å²) in [6.45, 7) is 11.4. The van der Waals surface area contributed by atoms with Crippen molar-refractivity contribution in [1.82, 2.24) is 19.6 Å². The normalized spacial score (nSPS) is 14.4. The molecule has 3 aromatic rings. The van der Waals surface area contributed by atoms with E-state index in [1.165, 1.54) is 24.3 Å². The van der Waals surface area contributed by atoms with Crippen molar-refractivity contribution in [3.8, 4) is 5.69 Å². The molecule has 0 spiro atoms. The van der Waals surface area contributed by atoms with Crippen LogP contribution in [0, 0.1) is 18.6 Å². The maximum Gasteiger partial charge on any atom is 0.254 e. The van der Waals surface area contributed by atoms with E-state index in [4.69, 9.17) is 5.10 Å². The Morgan fingerprint density at radius 1 is 1.00 bits per heavy atom. The molecule has 0 radical (unpaired) electrons. The third kappa shape index (κ3) is 5.53. The number of halogens is 2. The van der Waals surface area contributed by atoms with E-state index in [1.807, 2.05) is 19.9 Å². The maximum absolute atomic E-state index is 14.1. The number of rotatable bonds is 8. The molecule has 2 heterocycles. The highest BCUT2D eigenvalue weighted by Crippen LogP contribution is 2.30. The molecule has 186 valence electrons. The van der Waals surface area contributed by atoms with E-state index < -0.39 is 5.82 Å². The number of carbonyl (C=O) groups is 1. The summed E-state index contributed by atoms with van der Waals surface area (Å²) in [4.78, 5) is 19.8. The number of carbonyl (C=O) groups excluding carboxylic acids is 1. The first-order valence-corrected chi connectivity index (χ1v) is 12.3. The van der Waals surface area contributed by atoms with Gasteiger partial charge < -0.3 is 14.7 Å². The molecule has 1 saturated heterocycles. The van der Waals surface area contributed by atoms with Gasteiger partial charge in [-0.1, -0.05) is 26.0 Å². The molecule has 1 fully saturated rings. The highest BCUT2D eigenvalue weighted by Gasteiger charge is 2.28. The summed E-state index contributed by atoms with van der Waals surface area (Å²) in [6.07, 6.45) is 0.767. The van der Waals surface area contributed by atoms with E-state index in [1.54, 1.807) is 27.8 Å². The number of piperazine rings is 1. The van der Waals surface area contributed by atoms with E-state index in [0.717, 1.165) is 56.2 Å². The molecular formula is C27H33F2N5O. The molecule has 0 atom stereocenters. The molecule has 6 nitrogen and oxygen atoms in total. The standard InChI is InChI=1S/C27H33F2N5O/c1-4-12-33(27(35)21-8-6-9-22(28)17-21)19-25-20(3)30-34(24-11-7-10-23(29)18-24)26(25)32-15-13-31(5-2)14-16-32/h6-11,17-18H,4-5,12-16,19H2,1-3H3. The highest BCUT2D eigenvalue weighted by molar-refractivity contribution is 5.94. The second kappa shape index (κ2) is 11.0. The Bertz CT molecular complexity index is 1170. The first kappa shape index (κ1) is 24.9. The van der Waals surface area contributed by atoms with Crippen molar-refractivity contribution in [2.45, 2.75) is 33.7 Å². The van der Waals surface area contributed by atoms with Crippen molar-refractivity contribution in [3.63, 3.8) is 0 Å². The molecule has 0 unspecified atom stereocenters. The summed E-state index contributed by atoms with van der Waals surface area (Å²) in [7, 11) is 0. The Labute approximate surface area is 205 Å². The van der Waals surface area contributed by atoms with Gasteiger partial charge in [0.15, 0.2) is 0 Å². The van der Waals surface area contributed by atoms with Crippen LogP contribution in [0.5, 0.6) is 0 Å². The number of aryl methyl sites for hydroxylation is 1. The van der Waals surface area contributed by atoms with Crippen LogP contribution in [0.15, 0.2) is 48.5 Å². The number of anilines is 1. The summed E-state index contributed by atoms with van der Waals surface area (Å²) >= 11 is 0. The molecule has 1 aliphatic heterocycles. The van der Waals surface area contributed by atoms with Gasteiger partial charge in [0.25, 0.3) is 5.91 Å². The lowest BCUT2D eigenvalue weighted by atomic mass is 10.1. The van der Waals surface area contributed by atoms with Crippen LogP contribution < -0.4 is 4.90 Å². The minimum absolute atomic E-state index is 0.217. The fourth-order valence-electron chi connectivity index (χ4n) is 4.64. The fraction of sp³-hybridized carbons (Fsp3) is 0.407. The number of likely N-dealkylation sites (N-methyl/N-ethyl adjacent to an activating group) is 1. The number of hydrogen-bond donors (Lipinski definition) is 0. The minimum Gasteiger partial charge on any atom is -0.354 e. The largest absolute Gasteiger partial charge is 0.354 e. The van der Waals surface area contributed by atoms with Gasteiger partial charge in [-0.3, -0.25) is 4.79 Å². The Balaban J connectivity index is 1.74. The molecule has 1 aliphatic rings. The molecule has 0 saturated carbocycles. The number of benzene rings is 2. The van der Waals surface area contributed by atoms with Gasteiger partial charge in [-0.2, -0.15) is 5.10 Å². The van der Waals surface area contributed by atoms with Crippen LogP contribution in [0.25, 0.3) is 5.69 Å². The van der Waals surface area contributed by atoms with Gasteiger partial charge in [0.2, 0.25) is 0 Å². The molecule has 0 aliphatic carbocycles. The smallest absolute Gasteiger partial charge is 0.254 e. The summed E-state index contributed by atoms with van der Waals surface area (Å²) in [5.74, 6) is -0.0901. The maximum atomic E-state index is 14.1. The Morgan fingerprint density at radius 3 is 2.31 bits per heavy atom. The van der Waals surface area contributed by atoms with Crippen LogP contribution in [-0.4, -0.2) is 64.8 Å². The monoisotopic (exact) mass is 481 g/mol. The van der Waals surface area contributed by atoms with Crippen molar-refractivity contribution in [3.05, 3.63) is 77.0 Å². The van der Waals surface area contributed by atoms with Crippen molar-refractivity contribution >= 4 is 11.7 Å². The van der Waals surface area contributed by atoms with E-state index in [-0.39, 0.29) is 11.7 Å². The molecule has 0 bridgehead atoms. The van der Waals surface area contributed by atoms with Crippen LogP contribution in [0.1, 0.15) is 41.9 Å². The van der Waals surface area contributed by atoms with Crippen molar-refractivity contribution < 1.29 is 13.6 Å². The summed E-state index contributed by atoms with van der Waals surface area (Å²) in [5, 5.41) is 4.79. The van der Waals surface area contributed by atoms with Gasteiger partial charge in [0.05, 0.1) is 17.9 Å². The van der Waals surface area contributed by atoms with Crippen LogP contribution in [-0.2, 0) is 6.54 Å². The van der Waals surface area contributed by atoms with Crippen LogP contribution in [0.2, 0.25) is 0 Å². The van der Waals surface area contributed by atoms with Crippen molar-refractivity contribution in [2.24, 2.45) is 0 Å². The number of aromatic nitrogens is 2. The van der Waals surface area contributed by atoms with Gasteiger partial charge in [-0.15, -0.1) is 0 Å². The summed E-state index contributed by atoms with van der Waals surface area (Å²) in [6, 6.07) is 12.2. The van der Waals surface area contributed by atoms with Crippen LogP contribution >= 0.6 is 0 Å². The second-order valence-electron chi connectivity index (χ2n) is 8.94. The zero-order valence-corrected chi connectivity index (χ0v) is 20.7. The van der Waals surface area contributed by atoms with Gasteiger partial charge in [0, 0.05) is 43.9 Å². The first-order chi connectivity index (χ1) is 16.9. The second-order valence-corrected chi connectivity index (χ2v) is 8.94. The molecular weight excluding hydrogens is 448 g/mol. The lowest BCUT2D eigenvalue weighted by molar-refractivity contribution is 0.0742. The lowest BCUT2D eigenvalue weighted by Gasteiger charge is -2.36. The quantitative estimate of drug-likeness (QED) is 0.470.